The quantitative estimate of drug-likeness (QED) is 0.339. The van der Waals surface area contributed by atoms with E-state index in [0.29, 0.717) is 17.4 Å². The zero-order chi connectivity index (χ0) is 23.6. The summed E-state index contributed by atoms with van der Waals surface area (Å²) < 4.78 is 5.72. The Kier molecular flexibility index (Phi) is 8.92. The molecule has 0 spiro atoms. The Morgan fingerprint density at radius 1 is 1.06 bits per heavy atom. The van der Waals surface area contributed by atoms with Gasteiger partial charge in [0.05, 0.1) is 17.2 Å². The largest absolute Gasteiger partial charge is 0.494 e. The molecule has 0 aliphatic carbocycles. The van der Waals surface area contributed by atoms with Crippen LogP contribution in [0.2, 0.25) is 10.0 Å². The van der Waals surface area contributed by atoms with Gasteiger partial charge in [-0.15, -0.1) is 0 Å². The molecule has 33 heavy (non-hydrogen) atoms. The van der Waals surface area contributed by atoms with Gasteiger partial charge in [0.15, 0.2) is 0 Å². The standard InChI is InChI=1S/C24H23Cl2N3O4/c25-17-7-10-19(20(26)15-17)23(30)29-21(24(31)32)14-16-5-8-18(9-6-16)33-13-3-12-28-22-4-1-2-11-27-22/h1-2,4-11,15,21H,3,12-14H2,(H,27,28)(H,29,30)(H,31,32)/t21-/m0/s1. The summed E-state index contributed by atoms with van der Waals surface area (Å²) in [4.78, 5) is 28.3. The summed E-state index contributed by atoms with van der Waals surface area (Å²) in [6.07, 6.45) is 2.63. The van der Waals surface area contributed by atoms with Crippen molar-refractivity contribution in [2.45, 2.75) is 18.9 Å². The van der Waals surface area contributed by atoms with Gasteiger partial charge in [-0.2, -0.15) is 0 Å². The van der Waals surface area contributed by atoms with Crippen molar-refractivity contribution in [1.29, 1.82) is 0 Å². The topological polar surface area (TPSA) is 101 Å². The summed E-state index contributed by atoms with van der Waals surface area (Å²) in [5, 5.41) is 15.8. The SMILES string of the molecule is O=C(N[C@@H](Cc1ccc(OCCCNc2ccccn2)cc1)C(=O)O)c1ccc(Cl)cc1Cl. The number of ether oxygens (including phenoxy) is 1. The van der Waals surface area contributed by atoms with Crippen molar-refractivity contribution in [3.63, 3.8) is 0 Å². The highest BCUT2D eigenvalue weighted by Gasteiger charge is 2.22. The lowest BCUT2D eigenvalue weighted by atomic mass is 10.1. The Labute approximate surface area is 201 Å². The molecule has 9 heteroatoms. The monoisotopic (exact) mass is 487 g/mol. The molecule has 0 aliphatic heterocycles. The van der Waals surface area contributed by atoms with Crippen molar-refractivity contribution >= 4 is 40.9 Å². The summed E-state index contributed by atoms with van der Waals surface area (Å²) in [6, 6.07) is 16.1. The fourth-order valence-corrected chi connectivity index (χ4v) is 3.51. The molecule has 0 aliphatic rings. The van der Waals surface area contributed by atoms with Gasteiger partial charge < -0.3 is 20.5 Å². The highest BCUT2D eigenvalue weighted by atomic mass is 35.5. The van der Waals surface area contributed by atoms with Crippen LogP contribution in [0.1, 0.15) is 22.3 Å². The number of pyridine rings is 1. The van der Waals surface area contributed by atoms with E-state index in [0.717, 1.165) is 24.3 Å². The van der Waals surface area contributed by atoms with E-state index < -0.39 is 17.9 Å². The molecular formula is C24H23Cl2N3O4. The first-order valence-electron chi connectivity index (χ1n) is 10.3. The first kappa shape index (κ1) is 24.4. The number of aliphatic carboxylic acids is 1. The molecule has 0 fully saturated rings. The number of carboxylic acids is 1. The first-order valence-corrected chi connectivity index (χ1v) is 11.0. The second-order valence-electron chi connectivity index (χ2n) is 7.18. The number of amides is 1. The second kappa shape index (κ2) is 12.1. The average Bonchev–Trinajstić information content (AvgIpc) is 2.80. The molecule has 0 bridgehead atoms. The number of halogens is 2. The molecule has 1 aromatic heterocycles. The van der Waals surface area contributed by atoms with Gasteiger partial charge in [0.25, 0.3) is 5.91 Å². The smallest absolute Gasteiger partial charge is 0.326 e. The second-order valence-corrected chi connectivity index (χ2v) is 8.02. The van der Waals surface area contributed by atoms with Gasteiger partial charge in [-0.25, -0.2) is 9.78 Å². The van der Waals surface area contributed by atoms with Crippen LogP contribution in [-0.2, 0) is 11.2 Å². The van der Waals surface area contributed by atoms with Crippen molar-refractivity contribution in [2.75, 3.05) is 18.5 Å². The van der Waals surface area contributed by atoms with E-state index >= 15 is 0 Å². The van der Waals surface area contributed by atoms with Gasteiger partial charge in [0.1, 0.15) is 17.6 Å². The molecule has 1 amide bonds. The highest BCUT2D eigenvalue weighted by Crippen LogP contribution is 2.21. The molecule has 3 aromatic rings. The van der Waals surface area contributed by atoms with E-state index in [-0.39, 0.29) is 17.0 Å². The average molecular weight is 488 g/mol. The summed E-state index contributed by atoms with van der Waals surface area (Å²) in [5.74, 6) is -0.224. The van der Waals surface area contributed by atoms with Crippen LogP contribution < -0.4 is 15.4 Å². The van der Waals surface area contributed by atoms with Crippen LogP contribution in [0.15, 0.2) is 66.9 Å². The number of nitrogens with zero attached hydrogens (tertiary/aromatic N) is 1. The molecule has 2 aromatic carbocycles. The molecule has 3 rings (SSSR count). The molecule has 0 radical (unpaired) electrons. The molecular weight excluding hydrogens is 465 g/mol. The Hall–Kier alpha value is -3.29. The normalized spacial score (nSPS) is 11.5. The minimum absolute atomic E-state index is 0.112. The number of rotatable bonds is 11. The van der Waals surface area contributed by atoms with E-state index in [1.165, 1.54) is 18.2 Å². The molecule has 1 heterocycles. The van der Waals surface area contributed by atoms with Gasteiger partial charge in [0, 0.05) is 24.2 Å². The maximum absolute atomic E-state index is 12.5. The Morgan fingerprint density at radius 2 is 1.85 bits per heavy atom. The van der Waals surface area contributed by atoms with Crippen molar-refractivity contribution < 1.29 is 19.4 Å². The number of hydrogen-bond donors (Lipinski definition) is 3. The third-order valence-corrected chi connectivity index (χ3v) is 5.25. The van der Waals surface area contributed by atoms with E-state index in [1.54, 1.807) is 30.5 Å². The van der Waals surface area contributed by atoms with Crippen molar-refractivity contribution in [1.82, 2.24) is 10.3 Å². The van der Waals surface area contributed by atoms with Gasteiger partial charge in [-0.1, -0.05) is 41.4 Å². The molecule has 3 N–H and O–H groups in total. The van der Waals surface area contributed by atoms with Crippen LogP contribution in [0.3, 0.4) is 0 Å². The predicted molar refractivity (Wildman–Crippen MR) is 128 cm³/mol. The van der Waals surface area contributed by atoms with Gasteiger partial charge >= 0.3 is 5.97 Å². The predicted octanol–water partition coefficient (Wildman–Crippen LogP) is 4.70. The first-order chi connectivity index (χ1) is 15.9. The zero-order valence-corrected chi connectivity index (χ0v) is 19.1. The van der Waals surface area contributed by atoms with Crippen LogP contribution in [0.5, 0.6) is 5.75 Å². The number of aromatic nitrogens is 1. The number of hydrogen-bond acceptors (Lipinski definition) is 5. The number of anilines is 1. The number of carboxylic acid groups (broad SMARTS) is 1. The fourth-order valence-electron chi connectivity index (χ4n) is 3.01. The van der Waals surface area contributed by atoms with Gasteiger partial charge in [0.2, 0.25) is 0 Å². The number of carbonyl (C=O) groups is 2. The highest BCUT2D eigenvalue weighted by molar-refractivity contribution is 6.36. The lowest BCUT2D eigenvalue weighted by Crippen LogP contribution is -2.42. The lowest BCUT2D eigenvalue weighted by Gasteiger charge is -2.16. The van der Waals surface area contributed by atoms with Crippen LogP contribution in [0, 0.1) is 0 Å². The van der Waals surface area contributed by atoms with Crippen LogP contribution in [0.4, 0.5) is 5.82 Å². The molecule has 0 saturated carbocycles. The van der Waals surface area contributed by atoms with Crippen molar-refractivity contribution in [3.8, 4) is 5.75 Å². The summed E-state index contributed by atoms with van der Waals surface area (Å²) >= 11 is 11.9. The van der Waals surface area contributed by atoms with Crippen molar-refractivity contribution in [3.05, 3.63) is 88.0 Å². The zero-order valence-electron chi connectivity index (χ0n) is 17.6. The number of carbonyl (C=O) groups excluding carboxylic acids is 1. The van der Waals surface area contributed by atoms with E-state index in [4.69, 9.17) is 27.9 Å². The minimum Gasteiger partial charge on any atom is -0.494 e. The van der Waals surface area contributed by atoms with E-state index in [2.05, 4.69) is 15.6 Å². The van der Waals surface area contributed by atoms with Crippen molar-refractivity contribution in [2.24, 2.45) is 0 Å². The lowest BCUT2D eigenvalue weighted by molar-refractivity contribution is -0.139. The van der Waals surface area contributed by atoms with Crippen LogP contribution >= 0.6 is 23.2 Å². The molecule has 172 valence electrons. The third kappa shape index (κ3) is 7.66. The summed E-state index contributed by atoms with van der Waals surface area (Å²) in [6.45, 7) is 1.25. The maximum Gasteiger partial charge on any atom is 0.326 e. The molecule has 0 unspecified atom stereocenters. The summed E-state index contributed by atoms with van der Waals surface area (Å²) in [7, 11) is 0. The van der Waals surface area contributed by atoms with Crippen LogP contribution in [0.25, 0.3) is 0 Å². The molecule has 7 nitrogen and oxygen atoms in total. The summed E-state index contributed by atoms with van der Waals surface area (Å²) in [5.41, 5.74) is 0.905. The Bertz CT molecular complexity index is 1080. The third-order valence-electron chi connectivity index (χ3n) is 4.70. The van der Waals surface area contributed by atoms with Crippen LogP contribution in [-0.4, -0.2) is 41.2 Å². The van der Waals surface area contributed by atoms with Gasteiger partial charge in [-0.3, -0.25) is 4.79 Å². The van der Waals surface area contributed by atoms with Gasteiger partial charge in [-0.05, 0) is 54.4 Å². The Morgan fingerprint density at radius 3 is 2.52 bits per heavy atom. The van der Waals surface area contributed by atoms with E-state index in [9.17, 15) is 14.7 Å². The molecule has 0 saturated heterocycles. The Balaban J connectivity index is 1.48. The number of benzene rings is 2. The fraction of sp³-hybridized carbons (Fsp3) is 0.208. The molecule has 1 atom stereocenters. The maximum atomic E-state index is 12.5. The minimum atomic E-state index is -1.14. The van der Waals surface area contributed by atoms with E-state index in [1.807, 2.05) is 18.2 Å². The number of nitrogens with one attached hydrogen (secondary N) is 2.